The standard InChI is InChI=1S/C20H19ClN2O5/c1-3-28-19(25)11-15(24)12-22-23-18-9-6-14(21)10-17(18)20(26)13-4-7-16(27-2)8-5-13/h4-10H,3,11-12H2,1-2H3. The maximum atomic E-state index is 12.8. The Labute approximate surface area is 167 Å². The number of carbonyl (C=O) groups is 3. The number of carbonyl (C=O) groups excluding carboxylic acids is 3. The van der Waals surface area contributed by atoms with Crippen molar-refractivity contribution in [2.45, 2.75) is 13.3 Å². The molecule has 0 atom stereocenters. The second-order valence-electron chi connectivity index (χ2n) is 5.64. The van der Waals surface area contributed by atoms with Crippen molar-refractivity contribution in [1.82, 2.24) is 0 Å². The summed E-state index contributed by atoms with van der Waals surface area (Å²) < 4.78 is 9.79. The van der Waals surface area contributed by atoms with Crippen LogP contribution in [0.15, 0.2) is 52.7 Å². The summed E-state index contributed by atoms with van der Waals surface area (Å²) >= 11 is 6.02. The number of rotatable bonds is 9. The van der Waals surface area contributed by atoms with Gasteiger partial charge >= 0.3 is 5.97 Å². The minimum atomic E-state index is -0.607. The first-order chi connectivity index (χ1) is 13.4. The third kappa shape index (κ3) is 5.99. The van der Waals surface area contributed by atoms with E-state index in [2.05, 4.69) is 10.2 Å². The van der Waals surface area contributed by atoms with Crippen molar-refractivity contribution < 1.29 is 23.9 Å². The van der Waals surface area contributed by atoms with Crippen LogP contribution in [0.4, 0.5) is 5.69 Å². The fraction of sp³-hybridized carbons (Fsp3) is 0.250. The second-order valence-corrected chi connectivity index (χ2v) is 6.08. The van der Waals surface area contributed by atoms with E-state index in [0.29, 0.717) is 16.3 Å². The second kappa shape index (κ2) is 10.3. The SMILES string of the molecule is CCOC(=O)CC(=O)CN=Nc1ccc(Cl)cc1C(=O)c1ccc(OC)cc1. The molecule has 0 aromatic heterocycles. The van der Waals surface area contributed by atoms with Crippen LogP contribution in [0.2, 0.25) is 5.02 Å². The van der Waals surface area contributed by atoms with Gasteiger partial charge in [0.15, 0.2) is 11.6 Å². The molecule has 0 fully saturated rings. The average Bonchev–Trinajstić information content (AvgIpc) is 2.68. The van der Waals surface area contributed by atoms with Crippen LogP contribution < -0.4 is 4.74 Å². The lowest BCUT2D eigenvalue weighted by molar-refractivity contribution is -0.145. The topological polar surface area (TPSA) is 94.4 Å². The van der Waals surface area contributed by atoms with Crippen molar-refractivity contribution in [2.24, 2.45) is 10.2 Å². The van der Waals surface area contributed by atoms with E-state index in [1.165, 1.54) is 13.2 Å². The molecule has 2 aromatic carbocycles. The fourth-order valence-electron chi connectivity index (χ4n) is 2.29. The molecule has 2 aromatic rings. The molecule has 0 bridgehead atoms. The molecule has 0 aliphatic heterocycles. The van der Waals surface area contributed by atoms with Gasteiger partial charge in [0, 0.05) is 10.6 Å². The summed E-state index contributed by atoms with van der Waals surface area (Å²) in [6.45, 7) is 1.57. The van der Waals surface area contributed by atoms with E-state index in [0.717, 1.165) is 0 Å². The van der Waals surface area contributed by atoms with E-state index in [9.17, 15) is 14.4 Å². The highest BCUT2D eigenvalue weighted by Gasteiger charge is 2.15. The minimum absolute atomic E-state index is 0.204. The summed E-state index contributed by atoms with van der Waals surface area (Å²) in [5.41, 5.74) is 0.950. The normalized spacial score (nSPS) is 10.7. The van der Waals surface area contributed by atoms with E-state index in [1.54, 1.807) is 43.3 Å². The third-order valence-corrected chi connectivity index (χ3v) is 3.86. The molecular formula is C20H19ClN2O5. The number of azo groups is 1. The lowest BCUT2D eigenvalue weighted by Gasteiger charge is -2.06. The Kier molecular flexibility index (Phi) is 7.83. The van der Waals surface area contributed by atoms with E-state index in [4.69, 9.17) is 21.1 Å². The van der Waals surface area contributed by atoms with Gasteiger partial charge in [-0.15, -0.1) is 0 Å². The highest BCUT2D eigenvalue weighted by molar-refractivity contribution is 6.31. The summed E-state index contributed by atoms with van der Waals surface area (Å²) in [6.07, 6.45) is -0.370. The first kappa shape index (κ1) is 21.2. The molecule has 0 aliphatic rings. The highest BCUT2D eigenvalue weighted by atomic mass is 35.5. The van der Waals surface area contributed by atoms with Crippen LogP contribution in [-0.2, 0) is 14.3 Å². The molecule has 0 saturated carbocycles. The highest BCUT2D eigenvalue weighted by Crippen LogP contribution is 2.27. The number of ketones is 2. The number of hydrogen-bond acceptors (Lipinski definition) is 7. The zero-order valence-electron chi connectivity index (χ0n) is 15.5. The van der Waals surface area contributed by atoms with Crippen LogP contribution in [0.5, 0.6) is 5.75 Å². The van der Waals surface area contributed by atoms with Crippen molar-refractivity contribution in [1.29, 1.82) is 0 Å². The van der Waals surface area contributed by atoms with E-state index >= 15 is 0 Å². The van der Waals surface area contributed by atoms with Crippen LogP contribution in [0, 0.1) is 0 Å². The van der Waals surface area contributed by atoms with Crippen molar-refractivity contribution in [3.8, 4) is 5.75 Å². The summed E-state index contributed by atoms with van der Waals surface area (Å²) in [6, 6.07) is 11.2. The largest absolute Gasteiger partial charge is 0.497 e. The number of esters is 1. The fourth-order valence-corrected chi connectivity index (χ4v) is 2.47. The van der Waals surface area contributed by atoms with E-state index < -0.39 is 11.8 Å². The zero-order chi connectivity index (χ0) is 20.5. The maximum Gasteiger partial charge on any atom is 0.313 e. The van der Waals surface area contributed by atoms with Crippen molar-refractivity contribution in [2.75, 3.05) is 20.3 Å². The number of hydrogen-bond donors (Lipinski definition) is 0. The predicted octanol–water partition coefficient (Wildman–Crippen LogP) is 4.19. The minimum Gasteiger partial charge on any atom is -0.497 e. The van der Waals surface area contributed by atoms with Crippen molar-refractivity contribution >= 4 is 34.8 Å². The predicted molar refractivity (Wildman–Crippen MR) is 104 cm³/mol. The Morgan fingerprint density at radius 3 is 2.43 bits per heavy atom. The van der Waals surface area contributed by atoms with Gasteiger partial charge in [-0.05, 0) is 49.4 Å². The Hall–Kier alpha value is -3.06. The number of methoxy groups -OCH3 is 1. The molecule has 146 valence electrons. The molecule has 0 unspecified atom stereocenters. The van der Waals surface area contributed by atoms with Crippen LogP contribution in [0.1, 0.15) is 29.3 Å². The summed E-state index contributed by atoms with van der Waals surface area (Å²) in [4.78, 5) is 35.8. The van der Waals surface area contributed by atoms with Gasteiger partial charge in [0.1, 0.15) is 18.7 Å². The molecule has 8 heteroatoms. The number of nitrogens with zero attached hydrogens (tertiary/aromatic N) is 2. The molecule has 0 saturated heterocycles. The van der Waals surface area contributed by atoms with Gasteiger partial charge in [0.2, 0.25) is 0 Å². The molecular weight excluding hydrogens is 384 g/mol. The Morgan fingerprint density at radius 2 is 1.79 bits per heavy atom. The number of halogens is 1. The molecule has 7 nitrogen and oxygen atoms in total. The lowest BCUT2D eigenvalue weighted by Crippen LogP contribution is -2.12. The first-order valence-electron chi connectivity index (χ1n) is 8.47. The quantitative estimate of drug-likeness (QED) is 0.271. The smallest absolute Gasteiger partial charge is 0.313 e. The Bertz CT molecular complexity index is 894. The van der Waals surface area contributed by atoms with Crippen LogP contribution >= 0.6 is 11.6 Å². The molecule has 0 radical (unpaired) electrons. The molecule has 28 heavy (non-hydrogen) atoms. The lowest BCUT2D eigenvalue weighted by atomic mass is 10.0. The van der Waals surface area contributed by atoms with Gasteiger partial charge in [-0.3, -0.25) is 14.4 Å². The molecule has 0 aliphatic carbocycles. The van der Waals surface area contributed by atoms with Gasteiger partial charge in [-0.1, -0.05) is 11.6 Å². The monoisotopic (exact) mass is 402 g/mol. The van der Waals surface area contributed by atoms with Crippen molar-refractivity contribution in [3.05, 3.63) is 58.6 Å². The van der Waals surface area contributed by atoms with Crippen LogP contribution in [0.3, 0.4) is 0 Å². The zero-order valence-corrected chi connectivity index (χ0v) is 16.2. The van der Waals surface area contributed by atoms with Gasteiger partial charge < -0.3 is 9.47 Å². The van der Waals surface area contributed by atoms with Gasteiger partial charge in [0.05, 0.1) is 25.0 Å². The number of Topliss-reactive ketones (excluding diaryl/α,β-unsaturated/α-hetero) is 1. The third-order valence-electron chi connectivity index (χ3n) is 3.63. The van der Waals surface area contributed by atoms with E-state index in [1.807, 2.05) is 0 Å². The van der Waals surface area contributed by atoms with Gasteiger partial charge in [-0.2, -0.15) is 10.2 Å². The maximum absolute atomic E-state index is 12.8. The molecule has 0 heterocycles. The molecule has 0 amide bonds. The molecule has 0 N–H and O–H groups in total. The average molecular weight is 403 g/mol. The Balaban J connectivity index is 2.16. The van der Waals surface area contributed by atoms with Gasteiger partial charge in [0.25, 0.3) is 0 Å². The summed E-state index contributed by atoms with van der Waals surface area (Å²) in [5.74, 6) is -0.705. The molecule has 0 spiro atoms. The van der Waals surface area contributed by atoms with Gasteiger partial charge in [-0.25, -0.2) is 0 Å². The first-order valence-corrected chi connectivity index (χ1v) is 8.85. The van der Waals surface area contributed by atoms with Crippen LogP contribution in [-0.4, -0.2) is 37.8 Å². The summed E-state index contributed by atoms with van der Waals surface area (Å²) in [5, 5.41) is 8.14. The van der Waals surface area contributed by atoms with E-state index in [-0.39, 0.29) is 36.6 Å². The Morgan fingerprint density at radius 1 is 1.07 bits per heavy atom. The van der Waals surface area contributed by atoms with Crippen LogP contribution in [0.25, 0.3) is 0 Å². The number of ether oxygens (including phenoxy) is 2. The molecule has 2 rings (SSSR count). The number of benzene rings is 2. The summed E-state index contributed by atoms with van der Waals surface area (Å²) in [7, 11) is 1.54. The van der Waals surface area contributed by atoms with Crippen molar-refractivity contribution in [3.63, 3.8) is 0 Å².